The van der Waals surface area contributed by atoms with Crippen molar-refractivity contribution in [2.45, 2.75) is 53.0 Å². The first-order chi connectivity index (χ1) is 9.27. The van der Waals surface area contributed by atoms with Crippen LogP contribution in [-0.2, 0) is 4.79 Å². The van der Waals surface area contributed by atoms with Crippen LogP contribution >= 0.6 is 0 Å². The zero-order valence-electron chi connectivity index (χ0n) is 12.7. The van der Waals surface area contributed by atoms with Crippen molar-refractivity contribution in [1.29, 1.82) is 0 Å². The van der Waals surface area contributed by atoms with Gasteiger partial charge in [-0.1, -0.05) is 20.8 Å². The number of amides is 1. The number of H-pyrrole nitrogens is 2. The van der Waals surface area contributed by atoms with E-state index in [9.17, 15) is 9.59 Å². The highest BCUT2D eigenvalue weighted by molar-refractivity contribution is 5.79. The molecule has 1 aromatic heterocycles. The maximum atomic E-state index is 12.4. The highest BCUT2D eigenvalue weighted by Gasteiger charge is 2.35. The molecule has 0 bridgehead atoms. The molecule has 1 aliphatic carbocycles. The van der Waals surface area contributed by atoms with Gasteiger partial charge in [-0.25, -0.2) is 0 Å². The van der Waals surface area contributed by atoms with Gasteiger partial charge in [-0.15, -0.1) is 0 Å². The lowest BCUT2D eigenvalue weighted by Crippen LogP contribution is -2.39. The molecule has 1 heterocycles. The van der Waals surface area contributed by atoms with Crippen molar-refractivity contribution in [3.05, 3.63) is 22.1 Å². The number of hydrogen-bond acceptors (Lipinski definition) is 2. The molecule has 1 aliphatic rings. The summed E-state index contributed by atoms with van der Waals surface area (Å²) in [5.74, 6) is 0.748. The molecule has 20 heavy (non-hydrogen) atoms. The van der Waals surface area contributed by atoms with Crippen LogP contribution in [0.5, 0.6) is 0 Å². The normalized spacial score (nSPS) is 27.0. The summed E-state index contributed by atoms with van der Waals surface area (Å²) in [7, 11) is 0. The van der Waals surface area contributed by atoms with Crippen LogP contribution in [0, 0.1) is 17.3 Å². The lowest BCUT2D eigenvalue weighted by atomic mass is 9.68. The van der Waals surface area contributed by atoms with Gasteiger partial charge >= 0.3 is 0 Å². The Hall–Kier alpha value is -1.52. The topological polar surface area (TPSA) is 77.8 Å². The Morgan fingerprint density at radius 2 is 2.10 bits per heavy atom. The molecule has 0 spiro atoms. The van der Waals surface area contributed by atoms with Crippen molar-refractivity contribution in [2.24, 2.45) is 17.3 Å². The second-order valence-corrected chi connectivity index (χ2v) is 7.05. The zero-order valence-corrected chi connectivity index (χ0v) is 12.7. The number of carbonyl (C=O) groups excluding carboxylic acids is 1. The minimum atomic E-state index is -0.179. The first-order valence-electron chi connectivity index (χ1n) is 7.35. The van der Waals surface area contributed by atoms with Crippen LogP contribution in [0.15, 0.2) is 10.9 Å². The van der Waals surface area contributed by atoms with Crippen LogP contribution in [0.2, 0.25) is 0 Å². The molecule has 2 rings (SSSR count). The molecule has 3 N–H and O–H groups in total. The van der Waals surface area contributed by atoms with E-state index in [1.807, 2.05) is 6.92 Å². The molecule has 1 amide bonds. The lowest BCUT2D eigenvalue weighted by molar-refractivity contribution is -0.128. The van der Waals surface area contributed by atoms with Crippen molar-refractivity contribution in [3.8, 4) is 0 Å². The van der Waals surface area contributed by atoms with Gasteiger partial charge in [-0.05, 0) is 37.5 Å². The van der Waals surface area contributed by atoms with Crippen molar-refractivity contribution in [2.75, 3.05) is 0 Å². The van der Waals surface area contributed by atoms with Crippen molar-refractivity contribution < 1.29 is 4.79 Å². The first-order valence-corrected chi connectivity index (χ1v) is 7.35. The van der Waals surface area contributed by atoms with E-state index in [4.69, 9.17) is 0 Å². The van der Waals surface area contributed by atoms with Gasteiger partial charge in [0.1, 0.15) is 0 Å². The molecule has 5 heteroatoms. The van der Waals surface area contributed by atoms with E-state index >= 15 is 0 Å². The van der Waals surface area contributed by atoms with Gasteiger partial charge in [0.15, 0.2) is 0 Å². The van der Waals surface area contributed by atoms with Crippen LogP contribution < -0.4 is 10.9 Å². The molecular weight excluding hydrogens is 254 g/mol. The highest BCUT2D eigenvalue weighted by Crippen LogP contribution is 2.41. The second-order valence-electron chi connectivity index (χ2n) is 7.05. The van der Waals surface area contributed by atoms with Gasteiger partial charge in [0.05, 0.1) is 11.7 Å². The van der Waals surface area contributed by atoms with E-state index in [1.54, 1.807) is 0 Å². The molecule has 3 unspecified atom stereocenters. The summed E-state index contributed by atoms with van der Waals surface area (Å²) in [6, 6.07) is 1.31. The summed E-state index contributed by atoms with van der Waals surface area (Å²) < 4.78 is 0. The van der Waals surface area contributed by atoms with Crippen molar-refractivity contribution in [1.82, 2.24) is 15.5 Å². The van der Waals surface area contributed by atoms with Crippen LogP contribution in [-0.4, -0.2) is 16.1 Å². The number of aromatic amines is 2. The van der Waals surface area contributed by atoms with Gasteiger partial charge < -0.3 is 10.4 Å². The standard InChI is InChI=1S/C15H25N3O2/c1-9-5-11(8-15(3,4)7-9)14(20)16-10(2)12-6-13(19)18-17-12/h6,9-11H,5,7-8H2,1-4H3,(H,16,20)(H2,17,18,19). The molecule has 3 atom stereocenters. The summed E-state index contributed by atoms with van der Waals surface area (Å²) >= 11 is 0. The molecule has 0 aromatic carbocycles. The minimum absolute atomic E-state index is 0.0712. The van der Waals surface area contributed by atoms with Crippen LogP contribution in [0.4, 0.5) is 0 Å². The van der Waals surface area contributed by atoms with E-state index in [-0.39, 0.29) is 28.8 Å². The van der Waals surface area contributed by atoms with Gasteiger partial charge in [0, 0.05) is 12.0 Å². The number of carbonyl (C=O) groups is 1. The average molecular weight is 279 g/mol. The summed E-state index contributed by atoms with van der Waals surface area (Å²) in [6.07, 6.45) is 3.06. The number of nitrogens with one attached hydrogen (secondary N) is 3. The average Bonchev–Trinajstić information content (AvgIpc) is 2.73. The fourth-order valence-corrected chi connectivity index (χ4v) is 3.54. The second kappa shape index (κ2) is 5.46. The third kappa shape index (κ3) is 3.52. The molecule has 1 saturated carbocycles. The smallest absolute Gasteiger partial charge is 0.264 e. The maximum Gasteiger partial charge on any atom is 0.264 e. The molecule has 5 nitrogen and oxygen atoms in total. The lowest BCUT2D eigenvalue weighted by Gasteiger charge is -2.38. The van der Waals surface area contributed by atoms with Crippen LogP contribution in [0.1, 0.15) is 58.7 Å². The summed E-state index contributed by atoms with van der Waals surface area (Å²) in [4.78, 5) is 23.5. The van der Waals surface area contributed by atoms with Crippen LogP contribution in [0.25, 0.3) is 0 Å². The predicted molar refractivity (Wildman–Crippen MR) is 78.3 cm³/mol. The van der Waals surface area contributed by atoms with Gasteiger partial charge in [-0.2, -0.15) is 0 Å². The van der Waals surface area contributed by atoms with Gasteiger partial charge in [-0.3, -0.25) is 14.7 Å². The maximum absolute atomic E-state index is 12.4. The summed E-state index contributed by atoms with van der Waals surface area (Å²) in [6.45, 7) is 8.56. The molecule has 1 fully saturated rings. The Bertz CT molecular complexity index is 529. The zero-order chi connectivity index (χ0) is 14.9. The van der Waals surface area contributed by atoms with Crippen molar-refractivity contribution >= 4 is 5.91 Å². The van der Waals surface area contributed by atoms with E-state index in [1.165, 1.54) is 12.5 Å². The third-order valence-electron chi connectivity index (χ3n) is 4.20. The quantitative estimate of drug-likeness (QED) is 0.794. The Balaban J connectivity index is 1.99. The first kappa shape index (κ1) is 14.9. The SMILES string of the molecule is CC1CC(C(=O)NC(C)c2cc(=O)[nH][nH]2)CC(C)(C)C1. The summed E-state index contributed by atoms with van der Waals surface area (Å²) in [5.41, 5.74) is 0.769. The fourth-order valence-electron chi connectivity index (χ4n) is 3.54. The molecule has 0 aliphatic heterocycles. The van der Waals surface area contributed by atoms with E-state index in [2.05, 4.69) is 36.3 Å². The number of rotatable bonds is 3. The molecule has 0 saturated heterocycles. The highest BCUT2D eigenvalue weighted by atomic mass is 16.2. The van der Waals surface area contributed by atoms with E-state index in [0.29, 0.717) is 11.6 Å². The fraction of sp³-hybridized carbons (Fsp3) is 0.733. The Morgan fingerprint density at radius 3 is 2.65 bits per heavy atom. The molecule has 112 valence electrons. The Morgan fingerprint density at radius 1 is 1.40 bits per heavy atom. The number of hydrogen-bond donors (Lipinski definition) is 3. The molecule has 1 aromatic rings. The van der Waals surface area contributed by atoms with E-state index in [0.717, 1.165) is 12.8 Å². The van der Waals surface area contributed by atoms with Gasteiger partial charge in [0.2, 0.25) is 5.91 Å². The molecule has 0 radical (unpaired) electrons. The van der Waals surface area contributed by atoms with Gasteiger partial charge in [0.25, 0.3) is 5.56 Å². The minimum Gasteiger partial charge on any atom is -0.348 e. The van der Waals surface area contributed by atoms with Crippen LogP contribution in [0.3, 0.4) is 0 Å². The Kier molecular flexibility index (Phi) is 4.06. The predicted octanol–water partition coefficient (Wildman–Crippen LogP) is 2.34. The summed E-state index contributed by atoms with van der Waals surface area (Å²) in [5, 5.41) is 8.29. The monoisotopic (exact) mass is 279 g/mol. The molecular formula is C15H25N3O2. The Labute approximate surface area is 119 Å². The third-order valence-corrected chi connectivity index (χ3v) is 4.20. The number of aromatic nitrogens is 2. The van der Waals surface area contributed by atoms with Crippen molar-refractivity contribution in [3.63, 3.8) is 0 Å². The largest absolute Gasteiger partial charge is 0.348 e. The van der Waals surface area contributed by atoms with E-state index < -0.39 is 0 Å².